The van der Waals surface area contributed by atoms with E-state index < -0.39 is 0 Å². The minimum absolute atomic E-state index is 0.157. The first-order chi connectivity index (χ1) is 8.58. The van der Waals surface area contributed by atoms with Crippen LogP contribution in [0.2, 0.25) is 0 Å². The first kappa shape index (κ1) is 15.0. The van der Waals surface area contributed by atoms with Crippen molar-refractivity contribution in [2.45, 2.75) is 39.7 Å². The maximum atomic E-state index is 13.6. The number of rotatable bonds is 7. The number of halogens is 1. The molecule has 0 saturated carbocycles. The zero-order valence-corrected chi connectivity index (χ0v) is 11.8. The van der Waals surface area contributed by atoms with Gasteiger partial charge in [0, 0.05) is 6.04 Å². The smallest absolute Gasteiger partial charge is 0.165 e. The maximum Gasteiger partial charge on any atom is 0.165 e. The van der Waals surface area contributed by atoms with Gasteiger partial charge in [0.05, 0.1) is 7.11 Å². The summed E-state index contributed by atoms with van der Waals surface area (Å²) in [4.78, 5) is 0. The van der Waals surface area contributed by atoms with Gasteiger partial charge in [-0.15, -0.1) is 0 Å². The van der Waals surface area contributed by atoms with Gasteiger partial charge < -0.3 is 10.1 Å². The molecule has 18 heavy (non-hydrogen) atoms. The Morgan fingerprint density at radius 2 is 2.06 bits per heavy atom. The highest BCUT2D eigenvalue weighted by molar-refractivity contribution is 5.30. The predicted molar refractivity (Wildman–Crippen MR) is 73.4 cm³/mol. The van der Waals surface area contributed by atoms with Crippen molar-refractivity contribution in [1.29, 1.82) is 0 Å². The van der Waals surface area contributed by atoms with Gasteiger partial charge in [0.1, 0.15) is 0 Å². The van der Waals surface area contributed by atoms with Crippen LogP contribution in [0.25, 0.3) is 0 Å². The average Bonchev–Trinajstić information content (AvgIpc) is 2.36. The van der Waals surface area contributed by atoms with Crippen LogP contribution in [0.3, 0.4) is 0 Å². The van der Waals surface area contributed by atoms with Crippen LogP contribution in [0, 0.1) is 11.7 Å². The Balaban J connectivity index is 2.56. The third-order valence-corrected chi connectivity index (χ3v) is 3.23. The molecular formula is C15H24FNO. The summed E-state index contributed by atoms with van der Waals surface area (Å²) in [5, 5.41) is 3.44. The fourth-order valence-corrected chi connectivity index (χ4v) is 2.04. The molecule has 1 aromatic rings. The van der Waals surface area contributed by atoms with Gasteiger partial charge in [0.2, 0.25) is 0 Å². The number of ether oxygens (including phenoxy) is 1. The van der Waals surface area contributed by atoms with Crippen molar-refractivity contribution in [3.05, 3.63) is 29.6 Å². The summed E-state index contributed by atoms with van der Waals surface area (Å²) >= 11 is 0. The first-order valence-electron chi connectivity index (χ1n) is 6.65. The van der Waals surface area contributed by atoms with Crippen molar-refractivity contribution in [3.8, 4) is 5.75 Å². The monoisotopic (exact) mass is 253 g/mol. The van der Waals surface area contributed by atoms with Gasteiger partial charge in [-0.2, -0.15) is 0 Å². The SMILES string of the molecule is CCCC(C)CNC(C)c1ccc(OC)c(F)c1. The van der Waals surface area contributed by atoms with Crippen molar-refractivity contribution >= 4 is 0 Å². The molecule has 2 unspecified atom stereocenters. The number of nitrogens with one attached hydrogen (secondary N) is 1. The average molecular weight is 253 g/mol. The van der Waals surface area contributed by atoms with Crippen LogP contribution in [0.15, 0.2) is 18.2 Å². The summed E-state index contributed by atoms with van der Waals surface area (Å²) in [6.45, 7) is 7.44. The van der Waals surface area contributed by atoms with Gasteiger partial charge in [-0.1, -0.05) is 26.3 Å². The normalized spacial score (nSPS) is 14.3. The van der Waals surface area contributed by atoms with E-state index in [1.165, 1.54) is 20.0 Å². The van der Waals surface area contributed by atoms with E-state index in [-0.39, 0.29) is 11.9 Å². The molecule has 0 aromatic heterocycles. The lowest BCUT2D eigenvalue weighted by atomic mass is 10.0. The van der Waals surface area contributed by atoms with Gasteiger partial charge >= 0.3 is 0 Å². The Morgan fingerprint density at radius 3 is 2.61 bits per heavy atom. The summed E-state index contributed by atoms with van der Waals surface area (Å²) < 4.78 is 18.5. The van der Waals surface area contributed by atoms with Crippen LogP contribution in [0.1, 0.15) is 45.2 Å². The molecule has 102 valence electrons. The third-order valence-electron chi connectivity index (χ3n) is 3.23. The topological polar surface area (TPSA) is 21.3 Å². The lowest BCUT2D eigenvalue weighted by Crippen LogP contribution is -2.24. The minimum Gasteiger partial charge on any atom is -0.494 e. The fourth-order valence-electron chi connectivity index (χ4n) is 2.04. The highest BCUT2D eigenvalue weighted by atomic mass is 19.1. The summed E-state index contributed by atoms with van der Waals surface area (Å²) in [5.41, 5.74) is 0.956. The fraction of sp³-hybridized carbons (Fsp3) is 0.600. The van der Waals surface area contributed by atoms with Gasteiger partial charge in [0.25, 0.3) is 0 Å². The van der Waals surface area contributed by atoms with E-state index in [0.29, 0.717) is 11.7 Å². The third kappa shape index (κ3) is 4.30. The van der Waals surface area contributed by atoms with E-state index >= 15 is 0 Å². The molecule has 1 rings (SSSR count). The highest BCUT2D eigenvalue weighted by Gasteiger charge is 2.10. The second-order valence-electron chi connectivity index (χ2n) is 4.92. The molecule has 0 aliphatic carbocycles. The molecule has 0 radical (unpaired) electrons. The van der Waals surface area contributed by atoms with Crippen molar-refractivity contribution in [1.82, 2.24) is 5.32 Å². The standard InChI is InChI=1S/C15H24FNO/c1-5-6-11(2)10-17-12(3)13-7-8-15(18-4)14(16)9-13/h7-9,11-12,17H,5-6,10H2,1-4H3. The van der Waals surface area contributed by atoms with E-state index in [0.717, 1.165) is 12.1 Å². The molecule has 0 bridgehead atoms. The zero-order valence-electron chi connectivity index (χ0n) is 11.8. The molecule has 2 atom stereocenters. The summed E-state index contributed by atoms with van der Waals surface area (Å²) in [6.07, 6.45) is 2.42. The van der Waals surface area contributed by atoms with Crippen molar-refractivity contribution < 1.29 is 9.13 Å². The van der Waals surface area contributed by atoms with Crippen molar-refractivity contribution in [2.24, 2.45) is 5.92 Å². The van der Waals surface area contributed by atoms with Crippen LogP contribution in [-0.2, 0) is 0 Å². The second kappa shape index (κ2) is 7.37. The first-order valence-corrected chi connectivity index (χ1v) is 6.65. The summed E-state index contributed by atoms with van der Waals surface area (Å²) in [6, 6.07) is 5.29. The molecule has 2 nitrogen and oxygen atoms in total. The molecule has 3 heteroatoms. The predicted octanol–water partition coefficient (Wildman–Crippen LogP) is 3.92. The quantitative estimate of drug-likeness (QED) is 0.795. The number of benzene rings is 1. The molecule has 0 saturated heterocycles. The Morgan fingerprint density at radius 1 is 1.33 bits per heavy atom. The molecule has 0 fully saturated rings. The van der Waals surface area contributed by atoms with Crippen LogP contribution in [0.4, 0.5) is 4.39 Å². The Labute approximate surface area is 110 Å². The van der Waals surface area contributed by atoms with Crippen molar-refractivity contribution in [3.63, 3.8) is 0 Å². The molecule has 0 heterocycles. The number of hydrogen-bond acceptors (Lipinski definition) is 2. The minimum atomic E-state index is -0.301. The van der Waals surface area contributed by atoms with Crippen molar-refractivity contribution in [2.75, 3.05) is 13.7 Å². The summed E-state index contributed by atoms with van der Waals surface area (Å²) in [7, 11) is 1.48. The van der Waals surface area contributed by atoms with Crippen LogP contribution < -0.4 is 10.1 Å². The molecule has 1 N–H and O–H groups in total. The Kier molecular flexibility index (Phi) is 6.13. The van der Waals surface area contributed by atoms with E-state index in [4.69, 9.17) is 4.74 Å². The van der Waals surface area contributed by atoms with Gasteiger partial charge in [0.15, 0.2) is 11.6 Å². The molecule has 0 aliphatic heterocycles. The van der Waals surface area contributed by atoms with Crippen LogP contribution in [-0.4, -0.2) is 13.7 Å². The van der Waals surface area contributed by atoms with E-state index in [1.807, 2.05) is 6.07 Å². The number of hydrogen-bond donors (Lipinski definition) is 1. The molecular weight excluding hydrogens is 229 g/mol. The van der Waals surface area contributed by atoms with Crippen LogP contribution in [0.5, 0.6) is 5.75 Å². The highest BCUT2D eigenvalue weighted by Crippen LogP contribution is 2.21. The molecule has 0 aliphatic rings. The largest absolute Gasteiger partial charge is 0.494 e. The molecule has 0 spiro atoms. The zero-order chi connectivity index (χ0) is 13.5. The van der Waals surface area contributed by atoms with E-state index in [9.17, 15) is 4.39 Å². The Hall–Kier alpha value is -1.09. The van der Waals surface area contributed by atoms with Gasteiger partial charge in [-0.3, -0.25) is 0 Å². The Bertz CT molecular complexity index is 368. The van der Waals surface area contributed by atoms with E-state index in [2.05, 4.69) is 26.1 Å². The number of methoxy groups -OCH3 is 1. The van der Waals surface area contributed by atoms with E-state index in [1.54, 1.807) is 12.1 Å². The maximum absolute atomic E-state index is 13.6. The molecule has 1 aromatic carbocycles. The second-order valence-corrected chi connectivity index (χ2v) is 4.92. The summed E-state index contributed by atoms with van der Waals surface area (Å²) in [5.74, 6) is 0.649. The van der Waals surface area contributed by atoms with Gasteiger partial charge in [-0.05, 0) is 43.5 Å². The van der Waals surface area contributed by atoms with Gasteiger partial charge in [-0.25, -0.2) is 4.39 Å². The lowest BCUT2D eigenvalue weighted by molar-refractivity contribution is 0.385. The lowest BCUT2D eigenvalue weighted by Gasteiger charge is -2.18. The van der Waals surface area contributed by atoms with Crippen LogP contribution >= 0.6 is 0 Å². The molecule has 0 amide bonds.